The minimum atomic E-state index is -0.533. The Labute approximate surface area is 116 Å². The van der Waals surface area contributed by atoms with E-state index in [-0.39, 0.29) is 12.1 Å². The Bertz CT molecular complexity index is 649. The fourth-order valence-corrected chi connectivity index (χ4v) is 1.85. The lowest BCUT2D eigenvalue weighted by atomic mass is 10.2. The Kier molecular flexibility index (Phi) is 4.11. The van der Waals surface area contributed by atoms with E-state index in [0.29, 0.717) is 5.56 Å². The van der Waals surface area contributed by atoms with Crippen molar-refractivity contribution < 1.29 is 13.6 Å². The zero-order valence-electron chi connectivity index (χ0n) is 9.65. The molecule has 0 aliphatic heterocycles. The standard InChI is InChI=1S/C13H9BrFNO3/c14-10-2-3-11(15)9(5-10)6-16-13(18)8-1-4-12(17)19-7-8/h1-5,7H,6H2,(H,16,18). The number of carbonyl (C=O) groups excluding carboxylic acids is 1. The third-order valence-corrected chi connectivity index (χ3v) is 2.90. The molecule has 1 amide bonds. The molecule has 0 aliphatic carbocycles. The van der Waals surface area contributed by atoms with Crippen molar-refractivity contribution >= 4 is 21.8 Å². The van der Waals surface area contributed by atoms with Gasteiger partial charge in [-0.15, -0.1) is 0 Å². The van der Waals surface area contributed by atoms with Crippen molar-refractivity contribution in [1.29, 1.82) is 0 Å². The number of hydrogen-bond acceptors (Lipinski definition) is 3. The summed E-state index contributed by atoms with van der Waals surface area (Å²) >= 11 is 3.23. The molecule has 0 radical (unpaired) electrons. The van der Waals surface area contributed by atoms with Crippen LogP contribution in [0.15, 0.2) is 50.3 Å². The van der Waals surface area contributed by atoms with Crippen LogP contribution in [0.1, 0.15) is 15.9 Å². The highest BCUT2D eigenvalue weighted by Crippen LogP contribution is 2.15. The van der Waals surface area contributed by atoms with Crippen molar-refractivity contribution in [2.45, 2.75) is 6.54 Å². The number of amides is 1. The molecule has 0 bridgehead atoms. The van der Waals surface area contributed by atoms with Gasteiger partial charge in [0, 0.05) is 22.6 Å². The van der Waals surface area contributed by atoms with E-state index in [1.165, 1.54) is 12.1 Å². The SMILES string of the molecule is O=C(NCc1cc(Br)ccc1F)c1ccc(=O)oc1. The average Bonchev–Trinajstić information content (AvgIpc) is 2.40. The van der Waals surface area contributed by atoms with Gasteiger partial charge >= 0.3 is 5.63 Å². The molecule has 0 fully saturated rings. The second kappa shape index (κ2) is 5.79. The molecule has 6 heteroatoms. The van der Waals surface area contributed by atoms with Gasteiger partial charge in [0.05, 0.1) is 5.56 Å². The number of carbonyl (C=O) groups is 1. The van der Waals surface area contributed by atoms with Crippen LogP contribution in [0.25, 0.3) is 0 Å². The molecule has 1 aromatic heterocycles. The van der Waals surface area contributed by atoms with Crippen LogP contribution in [0.5, 0.6) is 0 Å². The van der Waals surface area contributed by atoms with Crippen LogP contribution in [0.3, 0.4) is 0 Å². The normalized spacial score (nSPS) is 10.2. The molecule has 1 aromatic carbocycles. The van der Waals surface area contributed by atoms with Gasteiger partial charge in [0.1, 0.15) is 12.1 Å². The first-order chi connectivity index (χ1) is 9.06. The highest BCUT2D eigenvalue weighted by atomic mass is 79.9. The van der Waals surface area contributed by atoms with E-state index < -0.39 is 17.3 Å². The smallest absolute Gasteiger partial charge is 0.335 e. The lowest BCUT2D eigenvalue weighted by Crippen LogP contribution is -2.23. The van der Waals surface area contributed by atoms with E-state index in [0.717, 1.165) is 16.8 Å². The summed E-state index contributed by atoms with van der Waals surface area (Å²) in [4.78, 5) is 22.5. The van der Waals surface area contributed by atoms with Crippen LogP contribution in [-0.4, -0.2) is 5.91 Å². The van der Waals surface area contributed by atoms with E-state index in [9.17, 15) is 14.0 Å². The zero-order valence-corrected chi connectivity index (χ0v) is 11.2. The zero-order chi connectivity index (χ0) is 13.8. The Hall–Kier alpha value is -1.95. The van der Waals surface area contributed by atoms with Gasteiger partial charge < -0.3 is 9.73 Å². The molecule has 19 heavy (non-hydrogen) atoms. The van der Waals surface area contributed by atoms with Crippen molar-refractivity contribution in [2.75, 3.05) is 0 Å². The Balaban J connectivity index is 2.06. The molecule has 0 saturated heterocycles. The lowest BCUT2D eigenvalue weighted by molar-refractivity contribution is 0.0948. The van der Waals surface area contributed by atoms with Crippen molar-refractivity contribution in [3.63, 3.8) is 0 Å². The molecule has 0 unspecified atom stereocenters. The van der Waals surface area contributed by atoms with E-state index in [2.05, 4.69) is 25.7 Å². The monoisotopic (exact) mass is 325 g/mol. The third-order valence-electron chi connectivity index (χ3n) is 2.41. The lowest BCUT2D eigenvalue weighted by Gasteiger charge is -2.06. The highest BCUT2D eigenvalue weighted by Gasteiger charge is 2.08. The molecule has 0 aliphatic rings. The van der Waals surface area contributed by atoms with Crippen molar-refractivity contribution in [2.24, 2.45) is 0 Å². The summed E-state index contributed by atoms with van der Waals surface area (Å²) in [6, 6.07) is 6.97. The van der Waals surface area contributed by atoms with Crippen LogP contribution < -0.4 is 10.9 Å². The van der Waals surface area contributed by atoms with Crippen LogP contribution >= 0.6 is 15.9 Å². The minimum absolute atomic E-state index is 0.0449. The number of halogens is 2. The quantitative estimate of drug-likeness (QED) is 0.943. The van der Waals surface area contributed by atoms with Gasteiger partial charge in [0.15, 0.2) is 0 Å². The first-order valence-electron chi connectivity index (χ1n) is 5.37. The Morgan fingerprint density at radius 1 is 1.32 bits per heavy atom. The largest absolute Gasteiger partial charge is 0.430 e. The summed E-state index contributed by atoms with van der Waals surface area (Å²) in [7, 11) is 0. The topological polar surface area (TPSA) is 59.3 Å². The van der Waals surface area contributed by atoms with Crippen LogP contribution in [-0.2, 0) is 6.54 Å². The second-order valence-electron chi connectivity index (χ2n) is 3.76. The van der Waals surface area contributed by atoms with Gasteiger partial charge in [-0.1, -0.05) is 15.9 Å². The molecular formula is C13H9BrFNO3. The molecule has 2 rings (SSSR count). The molecule has 4 nitrogen and oxygen atoms in total. The molecular weight excluding hydrogens is 317 g/mol. The van der Waals surface area contributed by atoms with Gasteiger partial charge in [-0.25, -0.2) is 9.18 Å². The Morgan fingerprint density at radius 3 is 2.79 bits per heavy atom. The van der Waals surface area contributed by atoms with E-state index in [1.54, 1.807) is 12.1 Å². The van der Waals surface area contributed by atoms with Crippen LogP contribution in [0.2, 0.25) is 0 Å². The summed E-state index contributed by atoms with van der Waals surface area (Å²) in [5.41, 5.74) is 0.0321. The fourth-order valence-electron chi connectivity index (χ4n) is 1.44. The second-order valence-corrected chi connectivity index (χ2v) is 4.68. The van der Waals surface area contributed by atoms with Gasteiger partial charge in [0.2, 0.25) is 0 Å². The van der Waals surface area contributed by atoms with Crippen molar-refractivity contribution in [3.05, 3.63) is 68.4 Å². The van der Waals surface area contributed by atoms with Crippen molar-refractivity contribution in [1.82, 2.24) is 5.32 Å². The molecule has 0 spiro atoms. The molecule has 0 atom stereocenters. The number of nitrogens with one attached hydrogen (secondary N) is 1. The van der Waals surface area contributed by atoms with E-state index in [1.807, 2.05) is 0 Å². The maximum atomic E-state index is 13.4. The summed E-state index contributed by atoms with van der Waals surface area (Å²) < 4.78 is 18.7. The Morgan fingerprint density at radius 2 is 2.11 bits per heavy atom. The summed E-state index contributed by atoms with van der Waals surface area (Å²) in [6.45, 7) is 0.0449. The fraction of sp³-hybridized carbons (Fsp3) is 0.0769. The molecule has 0 saturated carbocycles. The third kappa shape index (κ3) is 3.51. The number of rotatable bonds is 3. The van der Waals surface area contributed by atoms with Crippen LogP contribution in [0.4, 0.5) is 4.39 Å². The van der Waals surface area contributed by atoms with Gasteiger partial charge in [-0.3, -0.25) is 4.79 Å². The van der Waals surface area contributed by atoms with Crippen molar-refractivity contribution in [3.8, 4) is 0 Å². The average molecular weight is 326 g/mol. The van der Waals surface area contributed by atoms with Crippen LogP contribution in [0, 0.1) is 5.82 Å². The van der Waals surface area contributed by atoms with E-state index >= 15 is 0 Å². The molecule has 2 aromatic rings. The maximum absolute atomic E-state index is 13.4. The summed E-state index contributed by atoms with van der Waals surface area (Å²) in [5.74, 6) is -0.841. The minimum Gasteiger partial charge on any atom is -0.430 e. The predicted molar refractivity (Wildman–Crippen MR) is 70.2 cm³/mol. The predicted octanol–water partition coefficient (Wildman–Crippen LogP) is 2.47. The van der Waals surface area contributed by atoms with Gasteiger partial charge in [-0.2, -0.15) is 0 Å². The highest BCUT2D eigenvalue weighted by molar-refractivity contribution is 9.10. The summed E-state index contributed by atoms with van der Waals surface area (Å²) in [5, 5.41) is 2.54. The molecule has 98 valence electrons. The van der Waals surface area contributed by atoms with E-state index in [4.69, 9.17) is 0 Å². The number of hydrogen-bond donors (Lipinski definition) is 1. The first kappa shape index (κ1) is 13.5. The van der Waals surface area contributed by atoms with Gasteiger partial charge in [0.25, 0.3) is 5.91 Å². The first-order valence-corrected chi connectivity index (χ1v) is 6.16. The molecule has 1 N–H and O–H groups in total. The molecule has 1 heterocycles. The summed E-state index contributed by atoms with van der Waals surface area (Å²) in [6.07, 6.45) is 1.06. The number of benzene rings is 1. The van der Waals surface area contributed by atoms with Gasteiger partial charge in [-0.05, 0) is 24.3 Å². The maximum Gasteiger partial charge on any atom is 0.335 e.